The molecular formula is C13H16ClNO3. The Kier molecular flexibility index (Phi) is 4.22. The third kappa shape index (κ3) is 2.83. The van der Waals surface area contributed by atoms with Gasteiger partial charge in [0.25, 0.3) is 5.91 Å². The van der Waals surface area contributed by atoms with Gasteiger partial charge in [-0.3, -0.25) is 9.63 Å². The number of amides is 1. The number of ether oxygens (including phenoxy) is 1. The van der Waals surface area contributed by atoms with Crippen molar-refractivity contribution in [3.8, 4) is 0 Å². The van der Waals surface area contributed by atoms with Gasteiger partial charge in [0.2, 0.25) is 0 Å². The normalized spacial score (nSPS) is 16.3. The zero-order valence-corrected chi connectivity index (χ0v) is 11.0. The summed E-state index contributed by atoms with van der Waals surface area (Å²) < 4.78 is 4.83. The van der Waals surface area contributed by atoms with Crippen molar-refractivity contribution in [2.45, 2.75) is 18.3 Å². The lowest BCUT2D eigenvalue weighted by Gasteiger charge is -2.15. The van der Waals surface area contributed by atoms with Gasteiger partial charge in [0.05, 0.1) is 18.6 Å². The van der Waals surface area contributed by atoms with Crippen LogP contribution < -0.4 is 5.48 Å². The zero-order valence-electron chi connectivity index (χ0n) is 10.2. The first-order chi connectivity index (χ1) is 8.69. The van der Waals surface area contributed by atoms with E-state index >= 15 is 0 Å². The molecule has 1 aliphatic rings. The van der Waals surface area contributed by atoms with E-state index < -0.39 is 5.41 Å². The first kappa shape index (κ1) is 13.3. The third-order valence-corrected chi connectivity index (χ3v) is 3.39. The number of benzene rings is 1. The minimum Gasteiger partial charge on any atom is -0.382 e. The molecule has 0 radical (unpaired) electrons. The fourth-order valence-corrected chi connectivity index (χ4v) is 2.01. The van der Waals surface area contributed by atoms with Crippen molar-refractivity contribution in [1.82, 2.24) is 5.48 Å². The van der Waals surface area contributed by atoms with Crippen molar-refractivity contribution in [3.63, 3.8) is 0 Å². The van der Waals surface area contributed by atoms with Gasteiger partial charge in [-0.2, -0.15) is 0 Å². The van der Waals surface area contributed by atoms with Crippen LogP contribution in [0.2, 0.25) is 5.02 Å². The molecule has 0 unspecified atom stereocenters. The second kappa shape index (κ2) is 5.69. The van der Waals surface area contributed by atoms with E-state index in [0.29, 0.717) is 18.2 Å². The summed E-state index contributed by atoms with van der Waals surface area (Å²) in [6.45, 7) is 0.799. The molecule has 18 heavy (non-hydrogen) atoms. The fraction of sp³-hybridized carbons (Fsp3) is 0.462. The van der Waals surface area contributed by atoms with Crippen LogP contribution in [0.5, 0.6) is 0 Å². The van der Waals surface area contributed by atoms with E-state index in [-0.39, 0.29) is 5.91 Å². The van der Waals surface area contributed by atoms with E-state index in [1.165, 1.54) is 0 Å². The maximum atomic E-state index is 12.1. The second-order valence-electron chi connectivity index (χ2n) is 4.36. The summed E-state index contributed by atoms with van der Waals surface area (Å²) in [4.78, 5) is 17.1. The Hall–Kier alpha value is -1.10. The summed E-state index contributed by atoms with van der Waals surface area (Å²) in [5, 5.41) is 0.673. The van der Waals surface area contributed by atoms with Crippen LogP contribution in [0.3, 0.4) is 0 Å². The predicted molar refractivity (Wildman–Crippen MR) is 68.3 cm³/mol. The lowest BCUT2D eigenvalue weighted by Crippen LogP contribution is -2.35. The summed E-state index contributed by atoms with van der Waals surface area (Å²) in [7, 11) is 1.58. The molecule has 5 heteroatoms. The van der Waals surface area contributed by atoms with Crippen molar-refractivity contribution in [2.24, 2.45) is 0 Å². The summed E-state index contributed by atoms with van der Waals surface area (Å²) in [6, 6.07) is 7.39. The van der Waals surface area contributed by atoms with Gasteiger partial charge in [-0.1, -0.05) is 23.7 Å². The molecule has 1 aromatic carbocycles. The van der Waals surface area contributed by atoms with Crippen molar-refractivity contribution in [3.05, 3.63) is 34.9 Å². The van der Waals surface area contributed by atoms with E-state index in [1.807, 2.05) is 12.1 Å². The fourth-order valence-electron chi connectivity index (χ4n) is 1.88. The molecule has 2 rings (SSSR count). The molecule has 1 fully saturated rings. The average Bonchev–Trinajstić information content (AvgIpc) is 3.17. The molecular weight excluding hydrogens is 254 g/mol. The molecule has 1 aromatic rings. The number of rotatable bonds is 6. The minimum absolute atomic E-state index is 0.0964. The first-order valence-electron chi connectivity index (χ1n) is 5.86. The van der Waals surface area contributed by atoms with Gasteiger partial charge in [0, 0.05) is 12.1 Å². The highest BCUT2D eigenvalue weighted by Crippen LogP contribution is 2.48. The third-order valence-electron chi connectivity index (χ3n) is 3.14. The van der Waals surface area contributed by atoms with Crippen LogP contribution in [0.15, 0.2) is 24.3 Å². The number of hydroxylamine groups is 1. The van der Waals surface area contributed by atoms with Gasteiger partial charge >= 0.3 is 0 Å². The standard InChI is InChI=1S/C13H16ClNO3/c1-17-8-9-18-15-12(16)13(6-7-13)10-2-4-11(14)5-3-10/h2-5H,6-9H2,1H3,(H,15,16). The summed E-state index contributed by atoms with van der Waals surface area (Å²) in [5.74, 6) is -0.0964. The molecule has 0 heterocycles. The Bertz CT molecular complexity index is 415. The lowest BCUT2D eigenvalue weighted by molar-refractivity contribution is -0.137. The molecule has 0 saturated heterocycles. The predicted octanol–water partition coefficient (Wildman–Crippen LogP) is 2.07. The Labute approximate surface area is 111 Å². The largest absolute Gasteiger partial charge is 0.382 e. The highest BCUT2D eigenvalue weighted by atomic mass is 35.5. The van der Waals surface area contributed by atoms with Crippen LogP contribution >= 0.6 is 11.6 Å². The van der Waals surface area contributed by atoms with Crippen LogP contribution in [0, 0.1) is 0 Å². The monoisotopic (exact) mass is 269 g/mol. The number of methoxy groups -OCH3 is 1. The van der Waals surface area contributed by atoms with Gasteiger partial charge in [0.15, 0.2) is 0 Å². The zero-order chi connectivity index (χ0) is 13.0. The van der Waals surface area contributed by atoms with E-state index in [2.05, 4.69) is 5.48 Å². The van der Waals surface area contributed by atoms with Gasteiger partial charge < -0.3 is 4.74 Å². The molecule has 0 atom stereocenters. The SMILES string of the molecule is COCCONC(=O)C1(c2ccc(Cl)cc2)CC1. The highest BCUT2D eigenvalue weighted by Gasteiger charge is 2.51. The van der Waals surface area contributed by atoms with Crippen LogP contribution in [0.4, 0.5) is 0 Å². The smallest absolute Gasteiger partial charge is 0.254 e. The Morgan fingerprint density at radius 3 is 2.56 bits per heavy atom. The number of carbonyl (C=O) groups excluding carboxylic acids is 1. The molecule has 0 bridgehead atoms. The Balaban J connectivity index is 1.94. The van der Waals surface area contributed by atoms with Crippen LogP contribution in [0.25, 0.3) is 0 Å². The number of nitrogens with one attached hydrogen (secondary N) is 1. The van der Waals surface area contributed by atoms with Crippen LogP contribution in [-0.4, -0.2) is 26.2 Å². The maximum Gasteiger partial charge on any atom is 0.254 e. The average molecular weight is 270 g/mol. The Morgan fingerprint density at radius 2 is 2.00 bits per heavy atom. The summed E-state index contributed by atoms with van der Waals surface area (Å²) in [5.41, 5.74) is 3.03. The number of hydrogen-bond acceptors (Lipinski definition) is 3. The molecule has 0 aliphatic heterocycles. The summed E-state index contributed by atoms with van der Waals surface area (Å²) in [6.07, 6.45) is 1.68. The molecule has 1 aliphatic carbocycles. The number of halogens is 1. The molecule has 0 spiro atoms. The van der Waals surface area contributed by atoms with Crippen molar-refractivity contribution < 1.29 is 14.4 Å². The van der Waals surface area contributed by atoms with Gasteiger partial charge in [-0.15, -0.1) is 0 Å². The van der Waals surface area contributed by atoms with E-state index in [1.54, 1.807) is 19.2 Å². The van der Waals surface area contributed by atoms with Crippen molar-refractivity contribution in [1.29, 1.82) is 0 Å². The topological polar surface area (TPSA) is 47.6 Å². The van der Waals surface area contributed by atoms with Crippen molar-refractivity contribution in [2.75, 3.05) is 20.3 Å². The molecule has 1 saturated carbocycles. The molecule has 1 amide bonds. The van der Waals surface area contributed by atoms with Gasteiger partial charge in [-0.05, 0) is 30.5 Å². The van der Waals surface area contributed by atoms with E-state index in [4.69, 9.17) is 21.2 Å². The molecule has 4 nitrogen and oxygen atoms in total. The van der Waals surface area contributed by atoms with Gasteiger partial charge in [-0.25, -0.2) is 5.48 Å². The van der Waals surface area contributed by atoms with Crippen molar-refractivity contribution >= 4 is 17.5 Å². The van der Waals surface area contributed by atoms with Gasteiger partial charge in [0.1, 0.15) is 0 Å². The summed E-state index contributed by atoms with van der Waals surface area (Å²) >= 11 is 5.84. The first-order valence-corrected chi connectivity index (χ1v) is 6.24. The molecule has 98 valence electrons. The lowest BCUT2D eigenvalue weighted by atomic mass is 9.95. The van der Waals surface area contributed by atoms with E-state index in [0.717, 1.165) is 18.4 Å². The number of carbonyl (C=O) groups is 1. The molecule has 1 N–H and O–H groups in total. The van der Waals surface area contributed by atoms with Crippen LogP contribution in [0.1, 0.15) is 18.4 Å². The minimum atomic E-state index is -0.433. The Morgan fingerprint density at radius 1 is 1.33 bits per heavy atom. The molecule has 0 aromatic heterocycles. The maximum absolute atomic E-state index is 12.1. The van der Waals surface area contributed by atoms with Crippen LogP contribution in [-0.2, 0) is 19.8 Å². The number of hydrogen-bond donors (Lipinski definition) is 1. The quantitative estimate of drug-likeness (QED) is 0.635. The van der Waals surface area contributed by atoms with E-state index in [9.17, 15) is 4.79 Å². The second-order valence-corrected chi connectivity index (χ2v) is 4.80. The highest BCUT2D eigenvalue weighted by molar-refractivity contribution is 6.30.